The molecular weight excluding hydrogens is 164 g/mol. The Morgan fingerprint density at radius 1 is 1.23 bits per heavy atom. The number of methoxy groups -OCH3 is 1. The van der Waals surface area contributed by atoms with Gasteiger partial charge >= 0.3 is 0 Å². The first-order valence-electron chi connectivity index (χ1n) is 4.22. The van der Waals surface area contributed by atoms with Crippen LogP contribution in [0.5, 0.6) is 5.75 Å². The van der Waals surface area contributed by atoms with E-state index in [2.05, 4.69) is 0 Å². The maximum atomic E-state index is 8.00. The second-order valence-electron chi connectivity index (χ2n) is 2.02. The lowest BCUT2D eigenvalue weighted by Gasteiger charge is -1.97. The second-order valence-corrected chi connectivity index (χ2v) is 2.02. The van der Waals surface area contributed by atoms with E-state index in [-0.39, 0.29) is 0 Å². The fourth-order valence-electron chi connectivity index (χ4n) is 0.742. The first-order chi connectivity index (χ1) is 6.33. The van der Waals surface area contributed by atoms with Gasteiger partial charge in [0.15, 0.2) is 0 Å². The summed E-state index contributed by atoms with van der Waals surface area (Å²) in [6, 6.07) is 7.96. The largest absolute Gasteiger partial charge is 0.497 e. The highest BCUT2D eigenvalue weighted by molar-refractivity contribution is 5.27. The van der Waals surface area contributed by atoms with Gasteiger partial charge in [-0.2, -0.15) is 0 Å². The molecule has 74 valence electrons. The standard InChI is InChI=1S/C8H10O.C2H6.CH2O/c1-7-4-3-5-8(6-7)9-2;2*1-2/h3-6H,1-2H3;1-2H3;1H2. The van der Waals surface area contributed by atoms with E-state index in [1.165, 1.54) is 5.56 Å². The zero-order valence-corrected chi connectivity index (χ0v) is 8.83. The fourth-order valence-corrected chi connectivity index (χ4v) is 0.742. The van der Waals surface area contributed by atoms with Gasteiger partial charge in [0.1, 0.15) is 12.5 Å². The van der Waals surface area contributed by atoms with Crippen LogP contribution in [0, 0.1) is 6.92 Å². The van der Waals surface area contributed by atoms with E-state index in [1.54, 1.807) is 7.11 Å². The number of benzene rings is 1. The van der Waals surface area contributed by atoms with Crippen LogP contribution in [0.4, 0.5) is 0 Å². The minimum Gasteiger partial charge on any atom is -0.497 e. The normalized spacial score (nSPS) is 7.08. The summed E-state index contributed by atoms with van der Waals surface area (Å²) in [7, 11) is 1.68. The van der Waals surface area contributed by atoms with Crippen molar-refractivity contribution in [2.75, 3.05) is 7.11 Å². The predicted octanol–water partition coefficient (Wildman–Crippen LogP) is 2.84. The molecule has 0 bridgehead atoms. The molecule has 1 rings (SSSR count). The smallest absolute Gasteiger partial charge is 0.119 e. The van der Waals surface area contributed by atoms with E-state index in [4.69, 9.17) is 9.53 Å². The SMILES string of the molecule is C=O.CC.COc1cccc(C)c1. The molecule has 2 nitrogen and oxygen atoms in total. The molecule has 0 heterocycles. The van der Waals surface area contributed by atoms with E-state index in [1.807, 2.05) is 51.8 Å². The Labute approximate surface area is 80.5 Å². The van der Waals surface area contributed by atoms with Crippen molar-refractivity contribution in [1.29, 1.82) is 0 Å². The van der Waals surface area contributed by atoms with Crippen LogP contribution in [-0.2, 0) is 4.79 Å². The average Bonchev–Trinajstić information content (AvgIpc) is 2.24. The van der Waals surface area contributed by atoms with Crippen LogP contribution < -0.4 is 4.74 Å². The predicted molar refractivity (Wildman–Crippen MR) is 56.2 cm³/mol. The lowest BCUT2D eigenvalue weighted by molar-refractivity contribution is -0.0979. The van der Waals surface area contributed by atoms with Crippen molar-refractivity contribution in [3.63, 3.8) is 0 Å². The number of carbonyl (C=O) groups is 1. The Hall–Kier alpha value is -1.31. The number of hydrogen-bond acceptors (Lipinski definition) is 2. The first kappa shape index (κ1) is 14.2. The molecule has 13 heavy (non-hydrogen) atoms. The molecule has 0 amide bonds. The van der Waals surface area contributed by atoms with Crippen molar-refractivity contribution >= 4 is 6.79 Å². The molecule has 0 aliphatic heterocycles. The van der Waals surface area contributed by atoms with Gasteiger partial charge in [0.05, 0.1) is 7.11 Å². The zero-order chi connectivity index (χ0) is 10.7. The van der Waals surface area contributed by atoms with Crippen molar-refractivity contribution in [3.8, 4) is 5.75 Å². The summed E-state index contributed by atoms with van der Waals surface area (Å²) >= 11 is 0. The summed E-state index contributed by atoms with van der Waals surface area (Å²) in [6.07, 6.45) is 0. The van der Waals surface area contributed by atoms with Crippen molar-refractivity contribution in [2.45, 2.75) is 20.8 Å². The Morgan fingerprint density at radius 3 is 2.08 bits per heavy atom. The summed E-state index contributed by atoms with van der Waals surface area (Å²) in [6.45, 7) is 8.04. The molecule has 0 aliphatic carbocycles. The van der Waals surface area contributed by atoms with Crippen molar-refractivity contribution in [2.24, 2.45) is 0 Å². The second kappa shape index (κ2) is 10.7. The summed E-state index contributed by atoms with van der Waals surface area (Å²) in [4.78, 5) is 8.00. The molecule has 1 aromatic carbocycles. The number of rotatable bonds is 1. The van der Waals surface area contributed by atoms with Crippen LogP contribution in [0.25, 0.3) is 0 Å². The number of ether oxygens (including phenoxy) is 1. The van der Waals surface area contributed by atoms with Crippen LogP contribution in [0.1, 0.15) is 19.4 Å². The third-order valence-electron chi connectivity index (χ3n) is 1.23. The maximum Gasteiger partial charge on any atom is 0.119 e. The highest BCUT2D eigenvalue weighted by atomic mass is 16.5. The third-order valence-corrected chi connectivity index (χ3v) is 1.23. The Kier molecular flexibility index (Phi) is 11.7. The molecule has 0 spiro atoms. The van der Waals surface area contributed by atoms with E-state index in [0.717, 1.165) is 5.75 Å². The molecule has 0 aliphatic rings. The summed E-state index contributed by atoms with van der Waals surface area (Å²) in [5.74, 6) is 0.926. The van der Waals surface area contributed by atoms with Gasteiger partial charge in [0.2, 0.25) is 0 Å². The molecule has 0 atom stereocenters. The average molecular weight is 182 g/mol. The van der Waals surface area contributed by atoms with Gasteiger partial charge in [0, 0.05) is 0 Å². The Morgan fingerprint density at radius 2 is 1.77 bits per heavy atom. The molecule has 0 saturated heterocycles. The molecule has 1 aromatic rings. The van der Waals surface area contributed by atoms with Gasteiger partial charge in [-0.05, 0) is 24.6 Å². The number of hydrogen-bond donors (Lipinski definition) is 0. The van der Waals surface area contributed by atoms with Crippen LogP contribution in [-0.4, -0.2) is 13.9 Å². The van der Waals surface area contributed by atoms with Crippen molar-refractivity contribution in [3.05, 3.63) is 29.8 Å². The summed E-state index contributed by atoms with van der Waals surface area (Å²) in [5, 5.41) is 0. The highest BCUT2D eigenvalue weighted by Gasteiger charge is 1.86. The number of carbonyl (C=O) groups excluding carboxylic acids is 1. The van der Waals surface area contributed by atoms with Crippen LogP contribution in [0.15, 0.2) is 24.3 Å². The van der Waals surface area contributed by atoms with Gasteiger partial charge in [-0.15, -0.1) is 0 Å². The molecule has 0 unspecified atom stereocenters. The zero-order valence-electron chi connectivity index (χ0n) is 8.83. The molecular formula is C11H18O2. The quantitative estimate of drug-likeness (QED) is 0.667. The molecule has 0 fully saturated rings. The lowest BCUT2D eigenvalue weighted by atomic mass is 10.2. The first-order valence-corrected chi connectivity index (χ1v) is 4.22. The Bertz CT molecular complexity index is 209. The van der Waals surface area contributed by atoms with Gasteiger partial charge in [-0.25, -0.2) is 0 Å². The minimum absolute atomic E-state index is 0.926. The van der Waals surface area contributed by atoms with E-state index < -0.39 is 0 Å². The molecule has 0 radical (unpaired) electrons. The maximum absolute atomic E-state index is 8.00. The number of aryl methyl sites for hydroxylation is 1. The van der Waals surface area contributed by atoms with E-state index in [9.17, 15) is 0 Å². The van der Waals surface area contributed by atoms with Crippen molar-refractivity contribution < 1.29 is 9.53 Å². The molecule has 0 N–H and O–H groups in total. The van der Waals surface area contributed by atoms with Gasteiger partial charge in [-0.3, -0.25) is 0 Å². The van der Waals surface area contributed by atoms with Crippen LogP contribution in [0.3, 0.4) is 0 Å². The third kappa shape index (κ3) is 7.06. The molecule has 0 aromatic heterocycles. The highest BCUT2D eigenvalue weighted by Crippen LogP contribution is 2.10. The summed E-state index contributed by atoms with van der Waals surface area (Å²) in [5.41, 5.74) is 1.23. The van der Waals surface area contributed by atoms with E-state index >= 15 is 0 Å². The van der Waals surface area contributed by atoms with Gasteiger partial charge in [0.25, 0.3) is 0 Å². The van der Waals surface area contributed by atoms with Crippen molar-refractivity contribution in [1.82, 2.24) is 0 Å². The molecule has 2 heteroatoms. The Balaban J connectivity index is 0. The summed E-state index contributed by atoms with van der Waals surface area (Å²) < 4.78 is 5.00. The lowest BCUT2D eigenvalue weighted by Crippen LogP contribution is -1.81. The van der Waals surface area contributed by atoms with E-state index in [0.29, 0.717) is 0 Å². The van der Waals surface area contributed by atoms with Gasteiger partial charge in [-0.1, -0.05) is 26.0 Å². The monoisotopic (exact) mass is 182 g/mol. The minimum atomic E-state index is 0.926. The topological polar surface area (TPSA) is 26.3 Å². The van der Waals surface area contributed by atoms with Gasteiger partial charge < -0.3 is 9.53 Å². The fraction of sp³-hybridized carbons (Fsp3) is 0.364. The molecule has 0 saturated carbocycles. The van der Waals surface area contributed by atoms with Crippen LogP contribution >= 0.6 is 0 Å². The van der Waals surface area contributed by atoms with Crippen LogP contribution in [0.2, 0.25) is 0 Å².